The highest BCUT2D eigenvalue weighted by Gasteiger charge is 2.30. The molecule has 4 rings (SSSR count). The molecule has 12 heteroatoms. The maximum atomic E-state index is 12.3. The molecular weight excluding hydrogens is 418 g/mol. The smallest absolute Gasteiger partial charge is 0.302 e. The van der Waals surface area contributed by atoms with Gasteiger partial charge < -0.3 is 9.73 Å². The fourth-order valence-corrected chi connectivity index (χ4v) is 4.14. The van der Waals surface area contributed by atoms with E-state index >= 15 is 0 Å². The van der Waals surface area contributed by atoms with Crippen LogP contribution in [0.25, 0.3) is 0 Å². The molecule has 2 aromatic heterocycles. The zero-order valence-electron chi connectivity index (χ0n) is 14.8. The van der Waals surface area contributed by atoms with Gasteiger partial charge in [-0.15, -0.1) is 11.3 Å². The molecule has 1 aliphatic carbocycles. The van der Waals surface area contributed by atoms with Gasteiger partial charge in [-0.2, -0.15) is 4.98 Å². The molecular formula is C17H15N5O5S2. The van der Waals surface area contributed by atoms with Crippen LogP contribution in [0.4, 0.5) is 16.8 Å². The number of aromatic nitrogens is 2. The van der Waals surface area contributed by atoms with Gasteiger partial charge >= 0.3 is 6.01 Å². The number of hydrogen-bond donors (Lipinski definition) is 3. The summed E-state index contributed by atoms with van der Waals surface area (Å²) in [5.41, 5.74) is 0.355. The average Bonchev–Trinajstić information content (AvgIpc) is 3.24. The van der Waals surface area contributed by atoms with Crippen LogP contribution >= 0.6 is 11.3 Å². The van der Waals surface area contributed by atoms with Crippen molar-refractivity contribution in [2.45, 2.75) is 17.7 Å². The number of anilines is 3. The quantitative estimate of drug-likeness (QED) is 0.519. The van der Waals surface area contributed by atoms with Gasteiger partial charge in [0.05, 0.1) is 4.90 Å². The molecule has 0 atom stereocenters. The third-order valence-corrected chi connectivity index (χ3v) is 6.16. The van der Waals surface area contributed by atoms with Gasteiger partial charge in [-0.3, -0.25) is 19.6 Å². The fraction of sp³-hybridized carbons (Fsp3) is 0.176. The van der Waals surface area contributed by atoms with Crippen LogP contribution in [0.15, 0.2) is 51.4 Å². The molecule has 1 fully saturated rings. The summed E-state index contributed by atoms with van der Waals surface area (Å²) in [4.78, 5) is 31.8. The molecule has 29 heavy (non-hydrogen) atoms. The lowest BCUT2D eigenvalue weighted by Crippen LogP contribution is -2.15. The summed E-state index contributed by atoms with van der Waals surface area (Å²) in [6.45, 7) is 0. The molecule has 2 amide bonds. The van der Waals surface area contributed by atoms with Crippen LogP contribution in [0, 0.1) is 5.92 Å². The first-order chi connectivity index (χ1) is 13.9. The zero-order chi connectivity index (χ0) is 20.4. The van der Waals surface area contributed by atoms with Crippen molar-refractivity contribution in [1.29, 1.82) is 0 Å². The molecule has 0 saturated heterocycles. The number of rotatable bonds is 7. The summed E-state index contributed by atoms with van der Waals surface area (Å²) in [5.74, 6) is -0.752. The second-order valence-electron chi connectivity index (χ2n) is 6.22. The number of benzene rings is 1. The van der Waals surface area contributed by atoms with Gasteiger partial charge in [-0.25, -0.2) is 13.4 Å². The first kappa shape index (κ1) is 19.1. The second kappa shape index (κ2) is 7.64. The van der Waals surface area contributed by atoms with Crippen molar-refractivity contribution in [2.75, 3.05) is 15.4 Å². The van der Waals surface area contributed by atoms with Gasteiger partial charge in [-0.05, 0) is 37.1 Å². The molecule has 3 aromatic rings. The third-order valence-electron chi connectivity index (χ3n) is 3.99. The number of nitrogens with one attached hydrogen (secondary N) is 3. The van der Waals surface area contributed by atoms with Crippen molar-refractivity contribution in [1.82, 2.24) is 9.97 Å². The van der Waals surface area contributed by atoms with E-state index in [4.69, 9.17) is 4.42 Å². The van der Waals surface area contributed by atoms with Crippen LogP contribution in [0.1, 0.15) is 23.3 Å². The number of amides is 2. The van der Waals surface area contributed by atoms with Crippen molar-refractivity contribution in [3.8, 4) is 0 Å². The number of nitrogens with zero attached hydrogens (tertiary/aromatic N) is 2. The van der Waals surface area contributed by atoms with Crippen molar-refractivity contribution in [3.05, 3.63) is 47.8 Å². The Hall–Kier alpha value is -3.25. The normalized spacial score (nSPS) is 13.7. The van der Waals surface area contributed by atoms with Gasteiger partial charge in [0.15, 0.2) is 10.8 Å². The highest BCUT2D eigenvalue weighted by molar-refractivity contribution is 7.93. The molecule has 2 heterocycles. The number of carbonyl (C=O) groups excluding carboxylic acids is 2. The van der Waals surface area contributed by atoms with Gasteiger partial charge in [0.25, 0.3) is 15.9 Å². The lowest BCUT2D eigenvalue weighted by Gasteiger charge is -2.07. The van der Waals surface area contributed by atoms with Crippen LogP contribution in [-0.4, -0.2) is 30.2 Å². The summed E-state index contributed by atoms with van der Waals surface area (Å²) < 4.78 is 32.1. The number of oxazole rings is 1. The minimum atomic E-state index is -3.77. The van der Waals surface area contributed by atoms with Crippen LogP contribution in [0.3, 0.4) is 0 Å². The SMILES string of the molecule is O=C(Nc1ccc(S(=O)(=O)Nc2nccs2)cc1)c1coc(NC(=O)C2CC2)n1. The first-order valence-corrected chi connectivity index (χ1v) is 10.9. The van der Waals surface area contributed by atoms with Gasteiger partial charge in [0, 0.05) is 23.2 Å². The summed E-state index contributed by atoms with van der Waals surface area (Å²) in [5, 5.41) is 7.01. The number of hydrogen-bond acceptors (Lipinski definition) is 8. The van der Waals surface area contributed by atoms with E-state index in [1.165, 1.54) is 30.5 Å². The zero-order valence-corrected chi connectivity index (χ0v) is 16.4. The number of carbonyl (C=O) groups is 2. The van der Waals surface area contributed by atoms with Gasteiger partial charge in [0.2, 0.25) is 5.91 Å². The lowest BCUT2D eigenvalue weighted by atomic mass is 10.3. The predicted molar refractivity (Wildman–Crippen MR) is 105 cm³/mol. The van der Waals surface area contributed by atoms with E-state index in [0.29, 0.717) is 5.69 Å². The second-order valence-corrected chi connectivity index (χ2v) is 8.80. The Kier molecular flexibility index (Phi) is 5.03. The number of sulfonamides is 1. The van der Waals surface area contributed by atoms with E-state index in [0.717, 1.165) is 30.4 Å². The summed E-state index contributed by atoms with van der Waals surface area (Å²) >= 11 is 1.16. The Labute approximate surface area is 169 Å². The molecule has 0 spiro atoms. The fourth-order valence-electron chi connectivity index (χ4n) is 2.35. The topological polar surface area (TPSA) is 143 Å². The summed E-state index contributed by atoms with van der Waals surface area (Å²) in [6, 6.07) is 5.57. The van der Waals surface area contributed by atoms with Crippen molar-refractivity contribution in [3.63, 3.8) is 0 Å². The molecule has 3 N–H and O–H groups in total. The first-order valence-electron chi connectivity index (χ1n) is 8.51. The highest BCUT2D eigenvalue weighted by Crippen LogP contribution is 2.30. The van der Waals surface area contributed by atoms with E-state index in [1.807, 2.05) is 0 Å². The molecule has 0 unspecified atom stereocenters. The molecule has 1 aromatic carbocycles. The maximum absolute atomic E-state index is 12.3. The van der Waals surface area contributed by atoms with Crippen LogP contribution in [0.5, 0.6) is 0 Å². The molecule has 150 valence electrons. The Morgan fingerprint density at radius 3 is 2.55 bits per heavy atom. The molecule has 1 aliphatic rings. The van der Waals surface area contributed by atoms with Crippen molar-refractivity contribution >= 4 is 50.0 Å². The van der Waals surface area contributed by atoms with Crippen LogP contribution in [-0.2, 0) is 14.8 Å². The molecule has 0 radical (unpaired) electrons. The Morgan fingerprint density at radius 1 is 1.14 bits per heavy atom. The van der Waals surface area contributed by atoms with E-state index in [9.17, 15) is 18.0 Å². The minimum Gasteiger partial charge on any atom is -0.431 e. The molecule has 10 nitrogen and oxygen atoms in total. The predicted octanol–water partition coefficient (Wildman–Crippen LogP) is 2.53. The average molecular weight is 433 g/mol. The third kappa shape index (κ3) is 4.60. The monoisotopic (exact) mass is 433 g/mol. The Morgan fingerprint density at radius 2 is 1.90 bits per heavy atom. The van der Waals surface area contributed by atoms with E-state index in [2.05, 4.69) is 25.3 Å². The molecule has 1 saturated carbocycles. The summed E-state index contributed by atoms with van der Waals surface area (Å²) in [7, 11) is -3.77. The molecule has 0 aliphatic heterocycles. The minimum absolute atomic E-state index is 0.0148. The lowest BCUT2D eigenvalue weighted by molar-refractivity contribution is -0.117. The van der Waals surface area contributed by atoms with E-state index in [1.54, 1.807) is 5.38 Å². The molecule has 0 bridgehead atoms. The van der Waals surface area contributed by atoms with E-state index in [-0.39, 0.29) is 33.6 Å². The standard InChI is InChI=1S/C17H15N5O5S2/c23-14(10-1-2-10)21-16-20-13(9-27-16)15(24)19-11-3-5-12(6-4-11)29(25,26)22-17-18-7-8-28-17/h3-10H,1-2H2,(H,18,22)(H,19,24)(H,20,21,23). The van der Waals surface area contributed by atoms with Crippen LogP contribution < -0.4 is 15.4 Å². The largest absolute Gasteiger partial charge is 0.431 e. The Balaban J connectivity index is 1.39. The van der Waals surface area contributed by atoms with Gasteiger partial charge in [-0.1, -0.05) is 0 Å². The number of thiazole rings is 1. The maximum Gasteiger partial charge on any atom is 0.302 e. The summed E-state index contributed by atoms with van der Waals surface area (Å²) in [6.07, 6.45) is 4.30. The van der Waals surface area contributed by atoms with E-state index < -0.39 is 15.9 Å². The highest BCUT2D eigenvalue weighted by atomic mass is 32.2. The Bertz CT molecular complexity index is 1140. The van der Waals surface area contributed by atoms with Crippen molar-refractivity contribution in [2.24, 2.45) is 5.92 Å². The van der Waals surface area contributed by atoms with Crippen molar-refractivity contribution < 1.29 is 22.4 Å². The van der Waals surface area contributed by atoms with Crippen LogP contribution in [0.2, 0.25) is 0 Å². The van der Waals surface area contributed by atoms with Gasteiger partial charge in [0.1, 0.15) is 6.26 Å².